The van der Waals surface area contributed by atoms with E-state index in [0.717, 1.165) is 11.3 Å². The maximum absolute atomic E-state index is 13.9. The number of carbonyl (C=O) groups excluding carboxylic acids is 1. The van der Waals surface area contributed by atoms with Crippen molar-refractivity contribution in [2.75, 3.05) is 4.90 Å². The number of para-hydroxylation sites is 1. The molecule has 4 rings (SSSR count). The molecule has 0 aliphatic carbocycles. The molecule has 2 aromatic carbocycles. The highest BCUT2D eigenvalue weighted by Gasteiger charge is 2.62. The predicted octanol–water partition coefficient (Wildman–Crippen LogP) is 3.82. The standard InChI is InChI=1S/C22H16FN3O/c1-14(27)21-20(16-6-4-7-17(23)11-16)22(12-24,13-25)19-10-9-15-5-2-3-8-18(15)26(19)21/h2-11,19-21H,1H3/t19-,20+,21-/m1/s1. The van der Waals surface area contributed by atoms with Gasteiger partial charge in [0.15, 0.2) is 11.2 Å². The number of benzene rings is 2. The molecule has 0 amide bonds. The van der Waals surface area contributed by atoms with E-state index in [-0.39, 0.29) is 5.78 Å². The summed E-state index contributed by atoms with van der Waals surface area (Å²) in [6, 6.07) is 16.5. The number of fused-ring (bicyclic) bond motifs is 3. The van der Waals surface area contributed by atoms with Crippen LogP contribution in [0.25, 0.3) is 6.08 Å². The van der Waals surface area contributed by atoms with Gasteiger partial charge >= 0.3 is 0 Å². The largest absolute Gasteiger partial charge is 0.351 e. The van der Waals surface area contributed by atoms with Crippen LogP contribution in [0, 0.1) is 33.9 Å². The number of carbonyl (C=O) groups is 1. The van der Waals surface area contributed by atoms with Crippen molar-refractivity contribution >= 4 is 17.5 Å². The zero-order chi connectivity index (χ0) is 19.2. The summed E-state index contributed by atoms with van der Waals surface area (Å²) in [7, 11) is 0. The Morgan fingerprint density at radius 3 is 2.56 bits per heavy atom. The lowest BCUT2D eigenvalue weighted by Gasteiger charge is -2.35. The van der Waals surface area contributed by atoms with E-state index in [1.165, 1.54) is 19.1 Å². The lowest BCUT2D eigenvalue weighted by Crippen LogP contribution is -2.43. The highest BCUT2D eigenvalue weighted by molar-refractivity contribution is 5.91. The van der Waals surface area contributed by atoms with Gasteiger partial charge in [-0.15, -0.1) is 0 Å². The van der Waals surface area contributed by atoms with Crippen molar-refractivity contribution in [3.05, 3.63) is 71.6 Å². The first kappa shape index (κ1) is 17.0. The summed E-state index contributed by atoms with van der Waals surface area (Å²) in [6.45, 7) is 1.46. The smallest absolute Gasteiger partial charge is 0.176 e. The number of halogens is 1. The van der Waals surface area contributed by atoms with Gasteiger partial charge in [-0.05, 0) is 36.2 Å². The summed E-state index contributed by atoms with van der Waals surface area (Å²) in [5.74, 6) is -1.38. The Bertz CT molecular complexity index is 1030. The van der Waals surface area contributed by atoms with Crippen molar-refractivity contribution in [2.45, 2.75) is 24.9 Å². The predicted molar refractivity (Wildman–Crippen MR) is 99.0 cm³/mol. The van der Waals surface area contributed by atoms with Crippen LogP contribution in [0.2, 0.25) is 0 Å². The molecule has 0 unspecified atom stereocenters. The van der Waals surface area contributed by atoms with Gasteiger partial charge in [0.2, 0.25) is 0 Å². The third-order valence-electron chi connectivity index (χ3n) is 5.54. The molecule has 2 heterocycles. The Hall–Kier alpha value is -3.44. The summed E-state index contributed by atoms with van der Waals surface area (Å²) < 4.78 is 13.9. The minimum Gasteiger partial charge on any atom is -0.351 e. The second-order valence-corrected chi connectivity index (χ2v) is 6.95. The zero-order valence-electron chi connectivity index (χ0n) is 14.6. The van der Waals surface area contributed by atoms with Crippen molar-refractivity contribution in [3.8, 4) is 12.1 Å². The third kappa shape index (κ3) is 2.29. The molecular weight excluding hydrogens is 341 g/mol. The molecule has 0 spiro atoms. The van der Waals surface area contributed by atoms with Gasteiger partial charge in [-0.3, -0.25) is 4.79 Å². The molecule has 27 heavy (non-hydrogen) atoms. The number of nitrogens with zero attached hydrogens (tertiary/aromatic N) is 3. The van der Waals surface area contributed by atoms with Crippen LogP contribution in [0.4, 0.5) is 10.1 Å². The third-order valence-corrected chi connectivity index (χ3v) is 5.54. The fraction of sp³-hybridized carbons (Fsp3) is 0.227. The number of ketones is 1. The molecule has 0 saturated carbocycles. The van der Waals surface area contributed by atoms with Crippen LogP contribution < -0.4 is 4.90 Å². The molecule has 1 fully saturated rings. The fourth-order valence-corrected chi connectivity index (χ4v) is 4.46. The summed E-state index contributed by atoms with van der Waals surface area (Å²) in [4.78, 5) is 14.6. The van der Waals surface area contributed by atoms with E-state index in [2.05, 4.69) is 12.1 Å². The molecule has 0 radical (unpaired) electrons. The van der Waals surface area contributed by atoms with Crippen LogP contribution in [0.15, 0.2) is 54.6 Å². The lowest BCUT2D eigenvalue weighted by molar-refractivity contribution is -0.118. The van der Waals surface area contributed by atoms with Crippen molar-refractivity contribution in [2.24, 2.45) is 5.41 Å². The minimum absolute atomic E-state index is 0.160. The highest BCUT2D eigenvalue weighted by Crippen LogP contribution is 2.55. The van der Waals surface area contributed by atoms with Crippen LogP contribution in [-0.2, 0) is 4.79 Å². The average molecular weight is 357 g/mol. The SMILES string of the molecule is CC(=O)[C@@H]1[C@H](c2cccc(F)c2)C(C#N)(C#N)[C@H]2C=Cc3ccccc3N12. The van der Waals surface area contributed by atoms with Gasteiger partial charge in [-0.25, -0.2) is 4.39 Å². The van der Waals surface area contributed by atoms with E-state index in [1.54, 1.807) is 12.1 Å². The Labute approximate surface area is 156 Å². The van der Waals surface area contributed by atoms with E-state index in [4.69, 9.17) is 0 Å². The molecule has 0 bridgehead atoms. The van der Waals surface area contributed by atoms with Gasteiger partial charge in [0.05, 0.1) is 24.2 Å². The molecule has 5 heteroatoms. The monoisotopic (exact) mass is 357 g/mol. The van der Waals surface area contributed by atoms with Crippen LogP contribution in [0.3, 0.4) is 0 Å². The van der Waals surface area contributed by atoms with E-state index in [9.17, 15) is 19.7 Å². The molecule has 2 aromatic rings. The van der Waals surface area contributed by atoms with E-state index in [1.807, 2.05) is 41.3 Å². The molecule has 132 valence electrons. The number of nitriles is 2. The molecule has 3 atom stereocenters. The first-order chi connectivity index (χ1) is 13.0. The van der Waals surface area contributed by atoms with Gasteiger partial charge in [-0.2, -0.15) is 10.5 Å². The molecule has 4 nitrogen and oxygen atoms in total. The summed E-state index contributed by atoms with van der Waals surface area (Å²) >= 11 is 0. The van der Waals surface area contributed by atoms with Crippen molar-refractivity contribution in [3.63, 3.8) is 0 Å². The Balaban J connectivity index is 2.01. The maximum atomic E-state index is 13.9. The van der Waals surface area contributed by atoms with Crippen LogP contribution in [0.5, 0.6) is 0 Å². The normalized spacial score (nSPS) is 24.4. The number of hydrogen-bond donors (Lipinski definition) is 0. The van der Waals surface area contributed by atoms with Crippen molar-refractivity contribution < 1.29 is 9.18 Å². The number of Topliss-reactive ketones (excluding diaryl/α,β-unsaturated/α-hetero) is 1. The Morgan fingerprint density at radius 2 is 1.89 bits per heavy atom. The van der Waals surface area contributed by atoms with Gasteiger partial charge in [0.25, 0.3) is 0 Å². The topological polar surface area (TPSA) is 67.9 Å². The van der Waals surface area contributed by atoms with Crippen molar-refractivity contribution in [1.82, 2.24) is 0 Å². The highest BCUT2D eigenvalue weighted by atomic mass is 19.1. The van der Waals surface area contributed by atoms with Crippen molar-refractivity contribution in [1.29, 1.82) is 10.5 Å². The fourth-order valence-electron chi connectivity index (χ4n) is 4.46. The van der Waals surface area contributed by atoms with E-state index >= 15 is 0 Å². The number of hydrogen-bond acceptors (Lipinski definition) is 4. The van der Waals surface area contributed by atoms with Crippen LogP contribution in [0.1, 0.15) is 24.0 Å². The van der Waals surface area contributed by atoms with E-state index < -0.39 is 29.2 Å². The lowest BCUT2D eigenvalue weighted by atomic mass is 9.69. The molecule has 0 aromatic heterocycles. The number of anilines is 1. The van der Waals surface area contributed by atoms with Crippen LogP contribution in [-0.4, -0.2) is 17.9 Å². The zero-order valence-corrected chi connectivity index (χ0v) is 14.6. The Morgan fingerprint density at radius 1 is 1.15 bits per heavy atom. The summed E-state index contributed by atoms with van der Waals surface area (Å²) in [6.07, 6.45) is 3.69. The Kier molecular flexibility index (Phi) is 3.82. The minimum atomic E-state index is -1.51. The maximum Gasteiger partial charge on any atom is 0.176 e. The molecule has 2 aliphatic rings. The molecular formula is C22H16FN3O. The average Bonchev–Trinajstić information content (AvgIpc) is 2.99. The van der Waals surface area contributed by atoms with Gasteiger partial charge in [0, 0.05) is 11.6 Å². The quantitative estimate of drug-likeness (QED) is 0.819. The summed E-state index contributed by atoms with van der Waals surface area (Å²) in [5, 5.41) is 20.1. The van der Waals surface area contributed by atoms with Gasteiger partial charge in [-0.1, -0.05) is 42.5 Å². The van der Waals surface area contributed by atoms with Gasteiger partial charge < -0.3 is 4.90 Å². The number of rotatable bonds is 2. The van der Waals surface area contributed by atoms with Crippen LogP contribution >= 0.6 is 0 Å². The molecule has 2 aliphatic heterocycles. The van der Waals surface area contributed by atoms with Gasteiger partial charge in [0.1, 0.15) is 5.82 Å². The second kappa shape index (κ2) is 6.07. The van der Waals surface area contributed by atoms with E-state index in [0.29, 0.717) is 5.56 Å². The first-order valence-electron chi connectivity index (χ1n) is 8.67. The summed E-state index contributed by atoms with van der Waals surface area (Å²) in [5.41, 5.74) is 0.705. The molecule has 0 N–H and O–H groups in total. The molecule has 1 saturated heterocycles. The first-order valence-corrected chi connectivity index (χ1v) is 8.67. The second-order valence-electron chi connectivity index (χ2n) is 6.95.